The molecular formula is Cl2Li2. The molecule has 0 aliphatic carbocycles. The van der Waals surface area contributed by atoms with E-state index in [0.29, 0.717) is 0 Å². The zero-order chi connectivity index (χ0) is 0. The van der Waals surface area contributed by atoms with Gasteiger partial charge in [0.2, 0.25) is 0 Å². The van der Waals surface area contributed by atoms with Gasteiger partial charge < -0.3 is 24.8 Å². The second kappa shape index (κ2) is 21.6. The van der Waals surface area contributed by atoms with Crippen molar-refractivity contribution in [2.75, 3.05) is 0 Å². The summed E-state index contributed by atoms with van der Waals surface area (Å²) in [5.41, 5.74) is 0. The van der Waals surface area contributed by atoms with Crippen LogP contribution in [0.5, 0.6) is 0 Å². The Kier molecular flexibility index (Phi) is 226. The molecule has 0 fully saturated rings. The van der Waals surface area contributed by atoms with E-state index < -0.39 is 0 Å². The first-order valence-corrected chi connectivity index (χ1v) is 0. The van der Waals surface area contributed by atoms with E-state index in [-0.39, 0.29) is 62.5 Å². The first-order chi connectivity index (χ1) is 0. The van der Waals surface area contributed by atoms with Crippen molar-refractivity contribution in [2.24, 2.45) is 0 Å². The van der Waals surface area contributed by atoms with Gasteiger partial charge in [-0.2, -0.15) is 0 Å². The summed E-state index contributed by atoms with van der Waals surface area (Å²) >= 11 is 0. The van der Waals surface area contributed by atoms with Gasteiger partial charge in [0.15, 0.2) is 0 Å². The summed E-state index contributed by atoms with van der Waals surface area (Å²) < 4.78 is 0. The molecule has 0 rings (SSSR count). The standard InChI is InChI=1S/2ClH.2Li/h2*1H;;/q;;2*+1/p-2. The van der Waals surface area contributed by atoms with Crippen molar-refractivity contribution < 1.29 is 62.5 Å². The summed E-state index contributed by atoms with van der Waals surface area (Å²) in [5, 5.41) is 0. The minimum absolute atomic E-state index is 0. The van der Waals surface area contributed by atoms with Gasteiger partial charge in [0.1, 0.15) is 0 Å². The van der Waals surface area contributed by atoms with Crippen LogP contribution in [0.3, 0.4) is 0 Å². The summed E-state index contributed by atoms with van der Waals surface area (Å²) in [4.78, 5) is 0. The van der Waals surface area contributed by atoms with Crippen LogP contribution in [0.15, 0.2) is 0 Å². The second-order valence-corrected chi connectivity index (χ2v) is 0. The van der Waals surface area contributed by atoms with Gasteiger partial charge in [-0.1, -0.05) is 0 Å². The third-order valence-corrected chi connectivity index (χ3v) is 0. The molecule has 0 heterocycles. The van der Waals surface area contributed by atoms with E-state index in [1.54, 1.807) is 0 Å². The maximum absolute atomic E-state index is 0. The van der Waals surface area contributed by atoms with Crippen LogP contribution in [0.1, 0.15) is 0 Å². The minimum atomic E-state index is 0. The molecule has 0 atom stereocenters. The Morgan fingerprint density at radius 2 is 0.500 bits per heavy atom. The maximum atomic E-state index is 0. The predicted octanol–water partition coefficient (Wildman–Crippen LogP) is -12.0. The van der Waals surface area contributed by atoms with Crippen molar-refractivity contribution in [1.29, 1.82) is 0 Å². The zero-order valence-electron chi connectivity index (χ0n) is 2.76. The van der Waals surface area contributed by atoms with Gasteiger partial charge in [0.05, 0.1) is 0 Å². The van der Waals surface area contributed by atoms with Gasteiger partial charge in [-0.3, -0.25) is 0 Å². The number of rotatable bonds is 0. The maximum Gasteiger partial charge on any atom is 1.00 e. The molecule has 0 amide bonds. The van der Waals surface area contributed by atoms with E-state index in [0.717, 1.165) is 0 Å². The monoisotopic (exact) mass is 84.0 g/mol. The fraction of sp³-hybridized carbons (Fsp3) is 0. The molecule has 0 N–H and O–H groups in total. The third kappa shape index (κ3) is 9.23. The molecule has 4 heteroatoms. The van der Waals surface area contributed by atoms with Crippen LogP contribution in [0.2, 0.25) is 0 Å². The SMILES string of the molecule is [Cl-].[Cl-].[Li+].[Li+]. The van der Waals surface area contributed by atoms with Crippen molar-refractivity contribution >= 4 is 0 Å². The molecule has 0 saturated carbocycles. The first-order valence-electron chi connectivity index (χ1n) is 0. The molecule has 0 aromatic carbocycles. The first kappa shape index (κ1) is 41.8. The Labute approximate surface area is 62.3 Å². The van der Waals surface area contributed by atoms with E-state index >= 15 is 0 Å². The smallest absolute Gasteiger partial charge is 1.00 e. The van der Waals surface area contributed by atoms with E-state index in [2.05, 4.69) is 0 Å². The third-order valence-electron chi connectivity index (χ3n) is 0. The van der Waals surface area contributed by atoms with Gasteiger partial charge in [0, 0.05) is 0 Å². The Morgan fingerprint density at radius 3 is 0.500 bits per heavy atom. The van der Waals surface area contributed by atoms with Crippen LogP contribution < -0.4 is 62.5 Å². The average molecular weight is 84.8 g/mol. The summed E-state index contributed by atoms with van der Waals surface area (Å²) in [6, 6.07) is 0. The Hall–Kier alpha value is 1.77. The molecule has 0 aromatic heterocycles. The molecule has 0 bridgehead atoms. The Morgan fingerprint density at radius 1 is 0.500 bits per heavy atom. The molecular weight excluding hydrogens is 84.8 g/mol. The van der Waals surface area contributed by atoms with Crippen molar-refractivity contribution in [3.05, 3.63) is 0 Å². The molecule has 0 unspecified atom stereocenters. The molecule has 16 valence electrons. The van der Waals surface area contributed by atoms with Gasteiger partial charge in [-0.15, -0.1) is 0 Å². The predicted molar refractivity (Wildman–Crippen MR) is 0 cm³/mol. The zero-order valence-corrected chi connectivity index (χ0v) is 4.27. The van der Waals surface area contributed by atoms with Crippen molar-refractivity contribution in [3.8, 4) is 0 Å². The molecule has 0 aliphatic heterocycles. The summed E-state index contributed by atoms with van der Waals surface area (Å²) in [7, 11) is 0. The number of hydrogen-bond donors (Lipinski definition) is 0. The number of halogens is 2. The molecule has 4 heavy (non-hydrogen) atoms. The van der Waals surface area contributed by atoms with Crippen LogP contribution in [-0.4, -0.2) is 0 Å². The van der Waals surface area contributed by atoms with Crippen LogP contribution in [0.25, 0.3) is 0 Å². The average Bonchev–Trinajstić information content (AvgIpc) is 0. The van der Waals surface area contributed by atoms with Gasteiger partial charge in [-0.25, -0.2) is 0 Å². The van der Waals surface area contributed by atoms with Crippen LogP contribution in [0.4, 0.5) is 0 Å². The minimum Gasteiger partial charge on any atom is -1.00 e. The second-order valence-electron chi connectivity index (χ2n) is 0. The molecule has 0 spiro atoms. The normalized spacial score (nSPS) is 0. The molecule has 0 aromatic rings. The summed E-state index contributed by atoms with van der Waals surface area (Å²) in [6.07, 6.45) is 0. The van der Waals surface area contributed by atoms with E-state index in [4.69, 9.17) is 0 Å². The van der Waals surface area contributed by atoms with Crippen molar-refractivity contribution in [3.63, 3.8) is 0 Å². The van der Waals surface area contributed by atoms with Gasteiger partial charge >= 0.3 is 37.7 Å². The van der Waals surface area contributed by atoms with E-state index in [9.17, 15) is 0 Å². The molecule has 0 radical (unpaired) electrons. The Balaban J connectivity index is 0. The molecule has 0 nitrogen and oxygen atoms in total. The summed E-state index contributed by atoms with van der Waals surface area (Å²) in [5.74, 6) is 0. The van der Waals surface area contributed by atoms with Crippen LogP contribution in [-0.2, 0) is 0 Å². The molecule has 0 aliphatic rings. The fourth-order valence-corrected chi connectivity index (χ4v) is 0. The molecule has 0 saturated heterocycles. The van der Waals surface area contributed by atoms with Crippen LogP contribution >= 0.6 is 0 Å². The number of hydrogen-bond acceptors (Lipinski definition) is 0. The van der Waals surface area contributed by atoms with Gasteiger partial charge in [0.25, 0.3) is 0 Å². The van der Waals surface area contributed by atoms with Crippen molar-refractivity contribution in [1.82, 2.24) is 0 Å². The quantitative estimate of drug-likeness (QED) is 0.256. The fourth-order valence-electron chi connectivity index (χ4n) is 0. The Bertz CT molecular complexity index is 4.00. The topological polar surface area (TPSA) is 0 Å². The summed E-state index contributed by atoms with van der Waals surface area (Å²) in [6.45, 7) is 0. The van der Waals surface area contributed by atoms with Gasteiger partial charge in [-0.05, 0) is 0 Å². The van der Waals surface area contributed by atoms with Crippen molar-refractivity contribution in [2.45, 2.75) is 0 Å². The van der Waals surface area contributed by atoms with E-state index in [1.807, 2.05) is 0 Å². The van der Waals surface area contributed by atoms with E-state index in [1.165, 1.54) is 0 Å². The van der Waals surface area contributed by atoms with Crippen LogP contribution in [0, 0.1) is 0 Å². The largest absolute Gasteiger partial charge is 1.00 e.